The Labute approximate surface area is 185 Å². The predicted molar refractivity (Wildman–Crippen MR) is 124 cm³/mol. The van der Waals surface area contributed by atoms with Crippen molar-refractivity contribution < 1.29 is 18.1 Å². The molecule has 0 spiro atoms. The summed E-state index contributed by atoms with van der Waals surface area (Å²) >= 11 is 0. The quantitative estimate of drug-likeness (QED) is 0.280. The maximum Gasteiger partial charge on any atom is 0.270 e. The fourth-order valence-electron chi connectivity index (χ4n) is 2.82. The van der Waals surface area contributed by atoms with Gasteiger partial charge in [-0.3, -0.25) is 20.3 Å². The molecular weight excluding hydrogens is 432 g/mol. The van der Waals surface area contributed by atoms with Gasteiger partial charge in [0.25, 0.3) is 15.7 Å². The van der Waals surface area contributed by atoms with E-state index in [1.54, 1.807) is 12.1 Å². The normalized spacial score (nSPS) is 11.3. The maximum absolute atomic E-state index is 13.0. The highest BCUT2D eigenvalue weighted by Gasteiger charge is 2.22. The summed E-state index contributed by atoms with van der Waals surface area (Å²) in [4.78, 5) is 10.2. The molecule has 0 bridgehead atoms. The number of methoxy groups -OCH3 is 1. The fourth-order valence-corrected chi connectivity index (χ4v) is 4.06. The van der Waals surface area contributed by atoms with Crippen molar-refractivity contribution in [3.05, 3.63) is 88.0 Å². The molecule has 0 atom stereocenters. The molecule has 9 nitrogen and oxygen atoms in total. The van der Waals surface area contributed by atoms with Crippen molar-refractivity contribution >= 4 is 33.3 Å². The molecule has 0 aliphatic carbocycles. The number of hydrazone groups is 1. The molecule has 0 radical (unpaired) electrons. The minimum Gasteiger partial charge on any atom is -0.497 e. The van der Waals surface area contributed by atoms with E-state index in [2.05, 4.69) is 22.2 Å². The van der Waals surface area contributed by atoms with Crippen molar-refractivity contribution in [1.82, 2.24) is 0 Å². The number of nitrogens with zero attached hydrogens (tertiary/aromatic N) is 2. The van der Waals surface area contributed by atoms with Crippen molar-refractivity contribution in [2.24, 2.45) is 5.10 Å². The number of hydrogen-bond acceptors (Lipinski definition) is 7. The van der Waals surface area contributed by atoms with Gasteiger partial charge in [-0.15, -0.1) is 0 Å². The van der Waals surface area contributed by atoms with Crippen LogP contribution in [-0.4, -0.2) is 26.7 Å². The first-order valence-electron chi connectivity index (χ1n) is 9.65. The van der Waals surface area contributed by atoms with Crippen LogP contribution in [-0.2, 0) is 16.4 Å². The Kier molecular flexibility index (Phi) is 7.06. The number of benzene rings is 3. The van der Waals surface area contributed by atoms with Crippen LogP contribution >= 0.6 is 0 Å². The van der Waals surface area contributed by atoms with E-state index in [9.17, 15) is 18.5 Å². The number of non-ortho nitro benzene ring substituents is 1. The number of nitrogens with one attached hydrogen (secondary N) is 2. The minimum atomic E-state index is -4.16. The Morgan fingerprint density at radius 1 is 1.06 bits per heavy atom. The molecule has 0 heterocycles. The van der Waals surface area contributed by atoms with Gasteiger partial charge in [0.1, 0.15) is 10.6 Å². The molecule has 0 amide bonds. The molecule has 2 N–H and O–H groups in total. The SMILES string of the molecule is CCc1ccc(C=NNc2ccc([N+](=O)[O-])cc2S(=O)(=O)Nc2ccc(OC)cc2)cc1. The lowest BCUT2D eigenvalue weighted by molar-refractivity contribution is -0.385. The van der Waals surface area contributed by atoms with Crippen LogP contribution < -0.4 is 14.9 Å². The van der Waals surface area contributed by atoms with Crippen LogP contribution in [0, 0.1) is 10.1 Å². The second-order valence-electron chi connectivity index (χ2n) is 6.74. The van der Waals surface area contributed by atoms with E-state index in [-0.39, 0.29) is 22.0 Å². The Hall–Kier alpha value is -3.92. The summed E-state index contributed by atoms with van der Waals surface area (Å²) in [6, 6.07) is 17.5. The van der Waals surface area contributed by atoms with Gasteiger partial charge >= 0.3 is 0 Å². The summed E-state index contributed by atoms with van der Waals surface area (Å²) in [5.41, 5.74) is 4.69. The van der Waals surface area contributed by atoms with E-state index in [1.807, 2.05) is 24.3 Å². The average Bonchev–Trinajstić information content (AvgIpc) is 2.79. The zero-order valence-corrected chi connectivity index (χ0v) is 18.3. The van der Waals surface area contributed by atoms with E-state index < -0.39 is 14.9 Å². The molecule has 0 aliphatic heterocycles. The molecular formula is C22H22N4O5S. The van der Waals surface area contributed by atoms with E-state index in [1.165, 1.54) is 43.2 Å². The van der Waals surface area contributed by atoms with Crippen molar-refractivity contribution in [2.45, 2.75) is 18.2 Å². The van der Waals surface area contributed by atoms with Crippen LogP contribution in [0.1, 0.15) is 18.1 Å². The maximum atomic E-state index is 13.0. The fraction of sp³-hybridized carbons (Fsp3) is 0.136. The Morgan fingerprint density at radius 2 is 1.75 bits per heavy atom. The van der Waals surface area contributed by atoms with Crippen molar-refractivity contribution in [2.75, 3.05) is 17.3 Å². The van der Waals surface area contributed by atoms with Gasteiger partial charge in [-0.05, 0) is 47.9 Å². The molecule has 0 saturated carbocycles. The summed E-state index contributed by atoms with van der Waals surface area (Å²) in [5.74, 6) is 0.562. The van der Waals surface area contributed by atoms with Gasteiger partial charge < -0.3 is 4.74 Å². The van der Waals surface area contributed by atoms with Crippen LogP contribution in [0.5, 0.6) is 5.75 Å². The zero-order chi connectivity index (χ0) is 23.1. The smallest absolute Gasteiger partial charge is 0.270 e. The molecule has 10 heteroatoms. The predicted octanol–water partition coefficient (Wildman–Crippen LogP) is 4.41. The molecule has 3 aromatic rings. The third-order valence-corrected chi connectivity index (χ3v) is 6.02. The van der Waals surface area contributed by atoms with Crippen molar-refractivity contribution in [3.8, 4) is 5.75 Å². The summed E-state index contributed by atoms with van der Waals surface area (Å²) < 4.78 is 33.5. The monoisotopic (exact) mass is 454 g/mol. The van der Waals surface area contributed by atoms with Gasteiger partial charge in [0.2, 0.25) is 0 Å². The van der Waals surface area contributed by atoms with Gasteiger partial charge in [-0.25, -0.2) is 8.42 Å². The van der Waals surface area contributed by atoms with Crippen LogP contribution in [0.2, 0.25) is 0 Å². The van der Waals surface area contributed by atoms with Crippen LogP contribution in [0.4, 0.5) is 17.1 Å². The zero-order valence-electron chi connectivity index (χ0n) is 17.5. The van der Waals surface area contributed by atoms with E-state index >= 15 is 0 Å². The summed E-state index contributed by atoms with van der Waals surface area (Å²) in [6.07, 6.45) is 2.45. The molecule has 3 aromatic carbocycles. The highest BCUT2D eigenvalue weighted by atomic mass is 32.2. The molecule has 0 unspecified atom stereocenters. The Balaban J connectivity index is 1.88. The first-order valence-corrected chi connectivity index (χ1v) is 11.1. The summed E-state index contributed by atoms with van der Waals surface area (Å²) in [7, 11) is -2.66. The topological polar surface area (TPSA) is 123 Å². The molecule has 0 fully saturated rings. The van der Waals surface area contributed by atoms with E-state index in [4.69, 9.17) is 4.74 Å². The molecule has 0 aromatic heterocycles. The molecule has 3 rings (SSSR count). The third-order valence-electron chi connectivity index (χ3n) is 4.59. The average molecular weight is 455 g/mol. The lowest BCUT2D eigenvalue weighted by atomic mass is 10.1. The number of nitro benzene ring substituents is 1. The van der Waals surface area contributed by atoms with Crippen LogP contribution in [0.25, 0.3) is 0 Å². The summed E-state index contributed by atoms with van der Waals surface area (Å²) in [5, 5.41) is 15.3. The second-order valence-corrected chi connectivity index (χ2v) is 8.39. The van der Waals surface area contributed by atoms with E-state index in [0.29, 0.717) is 5.75 Å². The molecule has 166 valence electrons. The van der Waals surface area contributed by atoms with Gasteiger partial charge in [0.05, 0.1) is 23.9 Å². The van der Waals surface area contributed by atoms with Gasteiger partial charge in [-0.1, -0.05) is 31.2 Å². The molecule has 0 saturated heterocycles. The first kappa shape index (κ1) is 22.8. The number of anilines is 2. The standard InChI is InChI=1S/C22H22N4O5S/c1-3-16-4-6-17(7-5-16)15-23-24-21-13-10-19(26(27)28)14-22(21)32(29,30)25-18-8-11-20(31-2)12-9-18/h4-15,24-25H,3H2,1-2H3. The number of nitro groups is 1. The second kappa shape index (κ2) is 9.92. The molecule has 32 heavy (non-hydrogen) atoms. The van der Waals surface area contributed by atoms with Crippen LogP contribution in [0.15, 0.2) is 76.7 Å². The lowest BCUT2D eigenvalue weighted by Crippen LogP contribution is -2.15. The minimum absolute atomic E-state index is 0.0954. The van der Waals surface area contributed by atoms with Gasteiger partial charge in [0.15, 0.2) is 0 Å². The van der Waals surface area contributed by atoms with Gasteiger partial charge in [0, 0.05) is 17.8 Å². The summed E-state index contributed by atoms with van der Waals surface area (Å²) in [6.45, 7) is 2.06. The van der Waals surface area contributed by atoms with Gasteiger partial charge in [-0.2, -0.15) is 5.10 Å². The number of hydrogen-bond donors (Lipinski definition) is 2. The molecule has 0 aliphatic rings. The first-order chi connectivity index (χ1) is 15.3. The van der Waals surface area contributed by atoms with E-state index in [0.717, 1.165) is 18.1 Å². The number of rotatable bonds is 9. The van der Waals surface area contributed by atoms with Crippen molar-refractivity contribution in [3.63, 3.8) is 0 Å². The number of ether oxygens (including phenoxy) is 1. The number of aryl methyl sites for hydroxylation is 1. The highest BCUT2D eigenvalue weighted by Crippen LogP contribution is 2.28. The van der Waals surface area contributed by atoms with Crippen LogP contribution in [0.3, 0.4) is 0 Å². The lowest BCUT2D eigenvalue weighted by Gasteiger charge is -2.12. The highest BCUT2D eigenvalue weighted by molar-refractivity contribution is 7.92. The third kappa shape index (κ3) is 5.61. The van der Waals surface area contributed by atoms with Crippen molar-refractivity contribution in [1.29, 1.82) is 0 Å². The number of sulfonamides is 1. The Bertz CT molecular complexity index is 1220. The Morgan fingerprint density at radius 3 is 2.34 bits per heavy atom. The largest absolute Gasteiger partial charge is 0.497 e.